The number of Topliss-reactive ketones (excluding diaryl/α,β-unsaturated/α-hetero) is 1. The van der Waals surface area contributed by atoms with E-state index in [1.54, 1.807) is 0 Å². The fourth-order valence-corrected chi connectivity index (χ4v) is 0.895. The lowest BCUT2D eigenvalue weighted by Crippen LogP contribution is -2.18. The third-order valence-electron chi connectivity index (χ3n) is 1.75. The molecule has 0 fully saturated rings. The number of hydrogen-bond acceptors (Lipinski definition) is 7. The zero-order valence-corrected chi connectivity index (χ0v) is 10.2. The molecule has 0 heterocycles. The summed E-state index contributed by atoms with van der Waals surface area (Å²) in [5, 5.41) is 0. The molecule has 0 aromatic heterocycles. The van der Waals surface area contributed by atoms with E-state index in [-0.39, 0.29) is 25.2 Å². The van der Waals surface area contributed by atoms with Crippen molar-refractivity contribution in [3.8, 4) is 0 Å². The Bertz CT molecular complexity index is 275. The van der Waals surface area contributed by atoms with Crippen LogP contribution < -0.4 is 0 Å². The number of carbonyl (C=O) groups is 3. The fourth-order valence-electron chi connectivity index (χ4n) is 0.895. The zero-order valence-electron chi connectivity index (χ0n) is 10.2. The van der Waals surface area contributed by atoms with Gasteiger partial charge in [0.05, 0.1) is 13.0 Å². The van der Waals surface area contributed by atoms with Gasteiger partial charge in [-0.05, 0) is 0 Å². The van der Waals surface area contributed by atoms with E-state index in [0.717, 1.165) is 0 Å². The third-order valence-corrected chi connectivity index (χ3v) is 1.75. The summed E-state index contributed by atoms with van der Waals surface area (Å²) in [6, 6.07) is 0. The van der Waals surface area contributed by atoms with Crippen molar-refractivity contribution in [2.24, 2.45) is 0 Å². The maximum absolute atomic E-state index is 11.2. The molecule has 0 saturated heterocycles. The first-order chi connectivity index (χ1) is 8.60. The van der Waals surface area contributed by atoms with Gasteiger partial charge in [0.25, 0.3) is 0 Å². The molecule has 0 N–H and O–H groups in total. The van der Waals surface area contributed by atoms with Gasteiger partial charge in [0.15, 0.2) is 5.78 Å². The highest BCUT2D eigenvalue weighted by molar-refractivity contribution is 5.85. The molecule has 0 saturated carbocycles. The summed E-state index contributed by atoms with van der Waals surface area (Å²) < 4.78 is 17.9. The minimum Gasteiger partial charge on any atom is -0.463 e. The summed E-state index contributed by atoms with van der Waals surface area (Å²) in [5.74, 6) is -1.63. The van der Waals surface area contributed by atoms with Crippen LogP contribution in [0, 0.1) is 7.11 Å². The number of esters is 2. The molecule has 0 bridgehead atoms. The van der Waals surface area contributed by atoms with Gasteiger partial charge in [0.2, 0.25) is 0 Å². The van der Waals surface area contributed by atoms with E-state index in [4.69, 9.17) is 4.74 Å². The van der Waals surface area contributed by atoms with Gasteiger partial charge in [0.1, 0.15) is 26.9 Å². The van der Waals surface area contributed by atoms with Crippen LogP contribution in [0.1, 0.15) is 12.8 Å². The lowest BCUT2D eigenvalue weighted by molar-refractivity contribution is -0.151. The number of carbonyl (C=O) groups excluding carboxylic acids is 3. The zero-order chi connectivity index (χ0) is 13.8. The minimum absolute atomic E-state index is 0.0530. The maximum atomic E-state index is 11.2. The molecule has 2 radical (unpaired) electrons. The van der Waals surface area contributed by atoms with Crippen LogP contribution in [0.2, 0.25) is 0 Å². The lowest BCUT2D eigenvalue weighted by atomic mass is 10.2. The van der Waals surface area contributed by atoms with E-state index in [1.165, 1.54) is 7.11 Å². The Morgan fingerprint density at radius 2 is 1.67 bits per heavy atom. The molecule has 102 valence electrons. The summed E-state index contributed by atoms with van der Waals surface area (Å²) >= 11 is 0. The second-order valence-corrected chi connectivity index (χ2v) is 3.22. The van der Waals surface area contributed by atoms with Crippen LogP contribution in [0.15, 0.2) is 0 Å². The molecule has 0 atom stereocenters. The highest BCUT2D eigenvalue weighted by Crippen LogP contribution is 1.96. The predicted octanol–water partition coefficient (Wildman–Crippen LogP) is -0.246. The third kappa shape index (κ3) is 9.73. The molecule has 0 aliphatic heterocycles. The first-order valence-corrected chi connectivity index (χ1v) is 5.23. The van der Waals surface area contributed by atoms with Crippen LogP contribution in [0.25, 0.3) is 0 Å². The lowest BCUT2D eigenvalue weighted by Gasteiger charge is -2.04. The molecule has 0 amide bonds. The molecule has 0 rings (SSSR count). The van der Waals surface area contributed by atoms with E-state index in [0.29, 0.717) is 6.61 Å². The first kappa shape index (κ1) is 16.5. The van der Waals surface area contributed by atoms with Crippen molar-refractivity contribution >= 4 is 17.7 Å². The average molecular weight is 260 g/mol. The van der Waals surface area contributed by atoms with Crippen LogP contribution >= 0.6 is 0 Å². The molecule has 0 aliphatic rings. The van der Waals surface area contributed by atoms with Gasteiger partial charge >= 0.3 is 11.9 Å². The highest BCUT2D eigenvalue weighted by atomic mass is 16.6. The van der Waals surface area contributed by atoms with Gasteiger partial charge < -0.3 is 18.9 Å². The Labute approximate surface area is 105 Å². The molecule has 7 heteroatoms. The molecule has 0 spiro atoms. The van der Waals surface area contributed by atoms with Crippen molar-refractivity contribution in [1.29, 1.82) is 0 Å². The Morgan fingerprint density at radius 3 is 2.28 bits per heavy atom. The molecule has 0 aromatic rings. The minimum atomic E-state index is -0.742. The monoisotopic (exact) mass is 260 g/mol. The Morgan fingerprint density at radius 1 is 0.944 bits per heavy atom. The molecule has 0 aliphatic carbocycles. The second kappa shape index (κ2) is 10.7. The van der Waals surface area contributed by atoms with Crippen LogP contribution in [0.5, 0.6) is 0 Å². The van der Waals surface area contributed by atoms with E-state index < -0.39 is 25.2 Å². The SMILES string of the molecule is [CH]OCC(=O)OCC(=O)CCC(=O)OCCOC. The highest BCUT2D eigenvalue weighted by Gasteiger charge is 2.10. The number of ether oxygens (including phenoxy) is 4. The molecule has 0 aromatic carbocycles. The molecule has 18 heavy (non-hydrogen) atoms. The summed E-state index contributed by atoms with van der Waals surface area (Å²) in [6.45, 7) is -0.386. The summed E-state index contributed by atoms with van der Waals surface area (Å²) in [5.41, 5.74) is 0. The van der Waals surface area contributed by atoms with E-state index >= 15 is 0 Å². The Kier molecular flexibility index (Phi) is 9.80. The molecule has 7 nitrogen and oxygen atoms in total. The standard InChI is InChI=1S/C11H16O7/c1-15-5-6-17-10(13)4-3-9(12)7-18-11(14)8-16-2/h2H,3-8H2,1H3. The van der Waals surface area contributed by atoms with Crippen molar-refractivity contribution in [1.82, 2.24) is 0 Å². The van der Waals surface area contributed by atoms with Crippen LogP contribution in [-0.4, -0.2) is 51.3 Å². The van der Waals surface area contributed by atoms with E-state index in [2.05, 4.69) is 21.3 Å². The van der Waals surface area contributed by atoms with Gasteiger partial charge in [-0.2, -0.15) is 0 Å². The normalized spacial score (nSPS) is 9.89. The Hall–Kier alpha value is -1.47. The van der Waals surface area contributed by atoms with Gasteiger partial charge in [-0.15, -0.1) is 0 Å². The summed E-state index contributed by atoms with van der Waals surface area (Å²) in [4.78, 5) is 33.1. The van der Waals surface area contributed by atoms with Gasteiger partial charge in [-0.3, -0.25) is 9.59 Å². The van der Waals surface area contributed by atoms with Gasteiger partial charge in [0, 0.05) is 13.5 Å². The largest absolute Gasteiger partial charge is 0.463 e. The molecule has 0 unspecified atom stereocenters. The van der Waals surface area contributed by atoms with Crippen LogP contribution in [0.4, 0.5) is 0 Å². The van der Waals surface area contributed by atoms with Crippen molar-refractivity contribution in [2.45, 2.75) is 12.8 Å². The van der Waals surface area contributed by atoms with Gasteiger partial charge in [-0.1, -0.05) is 0 Å². The Balaban J connectivity index is 3.57. The van der Waals surface area contributed by atoms with E-state index in [1.807, 2.05) is 0 Å². The van der Waals surface area contributed by atoms with Gasteiger partial charge in [-0.25, -0.2) is 4.79 Å². The average Bonchev–Trinajstić information content (AvgIpc) is 2.34. The van der Waals surface area contributed by atoms with Crippen LogP contribution in [-0.2, 0) is 33.3 Å². The smallest absolute Gasteiger partial charge is 0.332 e. The first-order valence-electron chi connectivity index (χ1n) is 5.23. The second-order valence-electron chi connectivity index (χ2n) is 3.22. The number of methoxy groups -OCH3 is 1. The topological polar surface area (TPSA) is 88.1 Å². The number of ketones is 1. The summed E-state index contributed by atoms with van der Waals surface area (Å²) in [7, 11) is 6.12. The van der Waals surface area contributed by atoms with Crippen molar-refractivity contribution in [2.75, 3.05) is 33.5 Å². The maximum Gasteiger partial charge on any atom is 0.332 e. The molecular formula is C11H16O7. The quantitative estimate of drug-likeness (QED) is 0.395. The predicted molar refractivity (Wildman–Crippen MR) is 58.3 cm³/mol. The fraction of sp³-hybridized carbons (Fsp3) is 0.636. The van der Waals surface area contributed by atoms with Crippen LogP contribution in [0.3, 0.4) is 0 Å². The van der Waals surface area contributed by atoms with Crippen molar-refractivity contribution in [3.63, 3.8) is 0 Å². The van der Waals surface area contributed by atoms with E-state index in [9.17, 15) is 14.4 Å². The number of rotatable bonds is 10. The number of hydrogen-bond donors (Lipinski definition) is 0. The van der Waals surface area contributed by atoms with Crippen molar-refractivity contribution in [3.05, 3.63) is 7.11 Å². The summed E-state index contributed by atoms with van der Waals surface area (Å²) in [6.07, 6.45) is -0.115. The van der Waals surface area contributed by atoms with Crippen molar-refractivity contribution < 1.29 is 33.3 Å². The molecular weight excluding hydrogens is 244 g/mol.